The summed E-state index contributed by atoms with van der Waals surface area (Å²) in [6.45, 7) is 9.13. The predicted octanol–water partition coefficient (Wildman–Crippen LogP) is 4.27. The summed E-state index contributed by atoms with van der Waals surface area (Å²) in [5.41, 5.74) is 5.79. The number of nitrogens with zero attached hydrogens (tertiary/aromatic N) is 1. The van der Waals surface area contributed by atoms with E-state index in [0.717, 1.165) is 47.6 Å². The van der Waals surface area contributed by atoms with Gasteiger partial charge < -0.3 is 24.1 Å². The van der Waals surface area contributed by atoms with E-state index in [-0.39, 0.29) is 12.8 Å². The third kappa shape index (κ3) is 4.43. The van der Waals surface area contributed by atoms with Crippen molar-refractivity contribution < 1.29 is 24.1 Å². The number of rotatable bonds is 5. The first-order chi connectivity index (χ1) is 16.2. The summed E-state index contributed by atoms with van der Waals surface area (Å²) in [4.78, 5) is 2.19. The Labute approximate surface area is 202 Å². The van der Waals surface area contributed by atoms with Gasteiger partial charge in [0, 0.05) is 12.1 Å². The van der Waals surface area contributed by atoms with Crippen LogP contribution in [0.15, 0.2) is 12.1 Å². The second-order valence-corrected chi connectivity index (χ2v) is 9.52. The maximum atomic E-state index is 11.2. The molecule has 2 aliphatic heterocycles. The molecule has 2 aromatic carbocycles. The zero-order valence-electron chi connectivity index (χ0n) is 21.3. The fourth-order valence-electron chi connectivity index (χ4n) is 4.97. The molecule has 1 N–H and O–H groups in total. The van der Waals surface area contributed by atoms with Crippen LogP contribution in [-0.2, 0) is 12.8 Å². The van der Waals surface area contributed by atoms with E-state index in [1.54, 1.807) is 21.1 Å². The van der Waals surface area contributed by atoms with Crippen LogP contribution in [0.2, 0.25) is 0 Å². The summed E-state index contributed by atoms with van der Waals surface area (Å²) < 4.78 is 22.5. The van der Waals surface area contributed by atoms with Gasteiger partial charge in [-0.25, -0.2) is 0 Å². The summed E-state index contributed by atoms with van der Waals surface area (Å²) in [5, 5.41) is 11.2. The first-order valence-electron chi connectivity index (χ1n) is 11.7. The standard InChI is InChI=1S/C28H35NO5/c1-17-14-23(31-6)19(3)18(2)21(17)8-11-28(4,30)12-9-22-25-20(10-13-29(22)5)15-24-26(27(25)32-7)34-16-33-24/h14-15,22,30H,8,10-11,13,16H2,1-7H3/t22-,28-/m0/s1. The third-order valence-electron chi connectivity index (χ3n) is 7.16. The summed E-state index contributed by atoms with van der Waals surface area (Å²) in [7, 11) is 5.40. The second-order valence-electron chi connectivity index (χ2n) is 9.52. The highest BCUT2D eigenvalue weighted by Crippen LogP contribution is 2.49. The Morgan fingerprint density at radius 3 is 2.62 bits per heavy atom. The van der Waals surface area contributed by atoms with Crippen LogP contribution in [0.5, 0.6) is 23.0 Å². The summed E-state index contributed by atoms with van der Waals surface area (Å²) in [5.74, 6) is 9.47. The third-order valence-corrected chi connectivity index (χ3v) is 7.16. The molecule has 0 spiro atoms. The lowest BCUT2D eigenvalue weighted by Crippen LogP contribution is -2.32. The Balaban J connectivity index is 1.61. The highest BCUT2D eigenvalue weighted by molar-refractivity contribution is 5.63. The fourth-order valence-corrected chi connectivity index (χ4v) is 4.97. The number of benzene rings is 2. The van der Waals surface area contributed by atoms with Crippen LogP contribution in [-0.4, -0.2) is 50.2 Å². The molecular formula is C28H35NO5. The molecule has 6 heteroatoms. The molecule has 2 atom stereocenters. The average molecular weight is 466 g/mol. The van der Waals surface area contributed by atoms with Crippen molar-refractivity contribution >= 4 is 0 Å². The van der Waals surface area contributed by atoms with Crippen molar-refractivity contribution in [1.29, 1.82) is 0 Å². The average Bonchev–Trinajstić information content (AvgIpc) is 3.27. The SMILES string of the molecule is COc1cc(C)c(CC[C@](C)(O)C#C[C@H]2c3c(cc4c(c3OC)OCO4)CCN2C)c(C)c1C. The lowest BCUT2D eigenvalue weighted by molar-refractivity contribution is 0.112. The van der Waals surface area contributed by atoms with Crippen LogP contribution < -0.4 is 18.9 Å². The smallest absolute Gasteiger partial charge is 0.231 e. The van der Waals surface area contributed by atoms with Crippen LogP contribution in [0, 0.1) is 32.6 Å². The number of hydrogen-bond donors (Lipinski definition) is 1. The molecule has 0 radical (unpaired) electrons. The Bertz CT molecular complexity index is 1160. The highest BCUT2D eigenvalue weighted by Gasteiger charge is 2.33. The molecule has 0 unspecified atom stereocenters. The molecule has 0 saturated heterocycles. The molecule has 0 bridgehead atoms. The first-order valence-corrected chi connectivity index (χ1v) is 11.7. The number of methoxy groups -OCH3 is 2. The van der Waals surface area contributed by atoms with Gasteiger partial charge in [-0.1, -0.05) is 11.8 Å². The minimum Gasteiger partial charge on any atom is -0.496 e. The van der Waals surface area contributed by atoms with E-state index in [2.05, 4.69) is 43.6 Å². The molecule has 182 valence electrons. The molecule has 0 aromatic heterocycles. The number of hydrogen-bond acceptors (Lipinski definition) is 6. The number of aryl methyl sites for hydroxylation is 1. The van der Waals surface area contributed by atoms with Crippen molar-refractivity contribution in [3.8, 4) is 34.8 Å². The molecule has 0 fully saturated rings. The molecule has 0 amide bonds. The van der Waals surface area contributed by atoms with Crippen LogP contribution in [0.4, 0.5) is 0 Å². The molecule has 0 saturated carbocycles. The lowest BCUT2D eigenvalue weighted by Gasteiger charge is -2.33. The van der Waals surface area contributed by atoms with E-state index in [1.165, 1.54) is 16.7 Å². The van der Waals surface area contributed by atoms with Crippen molar-refractivity contribution in [3.05, 3.63) is 45.5 Å². The van der Waals surface area contributed by atoms with Crippen LogP contribution in [0.1, 0.15) is 52.8 Å². The van der Waals surface area contributed by atoms with Gasteiger partial charge in [-0.05, 0) is 94.0 Å². The Kier molecular flexibility index (Phi) is 6.71. The summed E-state index contributed by atoms with van der Waals surface area (Å²) in [6, 6.07) is 3.91. The molecule has 2 aromatic rings. The molecular weight excluding hydrogens is 430 g/mol. The number of ether oxygens (including phenoxy) is 4. The van der Waals surface area contributed by atoms with Gasteiger partial charge in [0.05, 0.1) is 14.2 Å². The Morgan fingerprint density at radius 1 is 1.15 bits per heavy atom. The minimum atomic E-state index is -1.13. The zero-order chi connectivity index (χ0) is 24.6. The van der Waals surface area contributed by atoms with Gasteiger partial charge in [-0.15, -0.1) is 0 Å². The van der Waals surface area contributed by atoms with Gasteiger partial charge in [0.25, 0.3) is 0 Å². The Morgan fingerprint density at radius 2 is 1.91 bits per heavy atom. The topological polar surface area (TPSA) is 60.4 Å². The van der Waals surface area contributed by atoms with Crippen LogP contribution in [0.25, 0.3) is 0 Å². The van der Waals surface area contributed by atoms with Gasteiger partial charge >= 0.3 is 0 Å². The highest BCUT2D eigenvalue weighted by atomic mass is 16.7. The zero-order valence-corrected chi connectivity index (χ0v) is 21.3. The predicted molar refractivity (Wildman–Crippen MR) is 132 cm³/mol. The van der Waals surface area contributed by atoms with Crippen LogP contribution >= 0.6 is 0 Å². The maximum absolute atomic E-state index is 11.2. The van der Waals surface area contributed by atoms with E-state index in [4.69, 9.17) is 18.9 Å². The lowest BCUT2D eigenvalue weighted by atomic mass is 9.88. The van der Waals surface area contributed by atoms with Crippen molar-refractivity contribution in [1.82, 2.24) is 4.90 Å². The molecule has 34 heavy (non-hydrogen) atoms. The van der Waals surface area contributed by atoms with Gasteiger partial charge in [-0.3, -0.25) is 4.90 Å². The minimum absolute atomic E-state index is 0.194. The van der Waals surface area contributed by atoms with E-state index in [0.29, 0.717) is 17.9 Å². The fraction of sp³-hybridized carbons (Fsp3) is 0.500. The number of fused-ring (bicyclic) bond motifs is 2. The molecule has 2 aliphatic rings. The van der Waals surface area contributed by atoms with E-state index >= 15 is 0 Å². The molecule has 4 rings (SSSR count). The number of likely N-dealkylation sites (N-methyl/N-ethyl adjacent to an activating group) is 1. The quantitative estimate of drug-likeness (QED) is 0.666. The molecule has 2 heterocycles. The largest absolute Gasteiger partial charge is 0.496 e. The van der Waals surface area contributed by atoms with Crippen molar-refractivity contribution in [3.63, 3.8) is 0 Å². The summed E-state index contributed by atoms with van der Waals surface area (Å²) >= 11 is 0. The van der Waals surface area contributed by atoms with Gasteiger partial charge in [0.1, 0.15) is 17.4 Å². The van der Waals surface area contributed by atoms with E-state index < -0.39 is 5.60 Å². The van der Waals surface area contributed by atoms with Gasteiger partial charge in [-0.2, -0.15) is 0 Å². The molecule has 0 aliphatic carbocycles. The van der Waals surface area contributed by atoms with Gasteiger partial charge in [0.2, 0.25) is 12.5 Å². The molecule has 6 nitrogen and oxygen atoms in total. The van der Waals surface area contributed by atoms with E-state index in [1.807, 2.05) is 13.1 Å². The maximum Gasteiger partial charge on any atom is 0.231 e. The second kappa shape index (κ2) is 9.40. The van der Waals surface area contributed by atoms with Crippen molar-refractivity contribution in [2.75, 3.05) is 34.6 Å². The van der Waals surface area contributed by atoms with Gasteiger partial charge in [0.15, 0.2) is 11.5 Å². The van der Waals surface area contributed by atoms with Crippen molar-refractivity contribution in [2.45, 2.75) is 58.6 Å². The normalized spacial score (nSPS) is 18.5. The van der Waals surface area contributed by atoms with Crippen LogP contribution in [0.3, 0.4) is 0 Å². The van der Waals surface area contributed by atoms with Crippen molar-refractivity contribution in [2.24, 2.45) is 0 Å². The Hall–Kier alpha value is -2.88. The number of aliphatic hydroxyl groups is 1. The summed E-state index contributed by atoms with van der Waals surface area (Å²) in [6.07, 6.45) is 2.15. The monoisotopic (exact) mass is 465 g/mol. The van der Waals surface area contributed by atoms with E-state index in [9.17, 15) is 5.11 Å². The first kappa shape index (κ1) is 24.3.